The zero-order valence-corrected chi connectivity index (χ0v) is 15.1. The number of anilines is 1. The number of amides is 2. The van der Waals surface area contributed by atoms with Gasteiger partial charge in [-0.3, -0.25) is 4.90 Å². The molecule has 1 saturated heterocycles. The second kappa shape index (κ2) is 8.00. The fourth-order valence-corrected chi connectivity index (χ4v) is 3.11. The topological polar surface area (TPSA) is 35.6 Å². The van der Waals surface area contributed by atoms with Crippen LogP contribution in [0.15, 0.2) is 48.5 Å². The van der Waals surface area contributed by atoms with Crippen LogP contribution in [-0.2, 0) is 12.7 Å². The zero-order valence-electron chi connectivity index (χ0n) is 15.1. The highest BCUT2D eigenvalue weighted by atomic mass is 19.4. The molecular weight excluding hydrogens is 355 g/mol. The van der Waals surface area contributed by atoms with Crippen molar-refractivity contribution in [2.45, 2.75) is 19.6 Å². The van der Waals surface area contributed by atoms with E-state index in [-0.39, 0.29) is 11.7 Å². The number of aryl methyl sites for hydroxylation is 1. The van der Waals surface area contributed by atoms with Gasteiger partial charge in [0.05, 0.1) is 5.56 Å². The third-order valence-electron chi connectivity index (χ3n) is 4.76. The molecular formula is C20H22F3N3O. The maximum atomic E-state index is 12.8. The minimum Gasteiger partial charge on any atom is -0.322 e. The van der Waals surface area contributed by atoms with Crippen LogP contribution in [0, 0.1) is 6.92 Å². The van der Waals surface area contributed by atoms with Crippen LogP contribution in [0.3, 0.4) is 0 Å². The molecule has 1 aliphatic rings. The van der Waals surface area contributed by atoms with E-state index >= 15 is 0 Å². The SMILES string of the molecule is Cc1ccccc1CN1CCN(C(=O)Nc2cccc(C(F)(F)F)c2)CC1. The number of nitrogens with zero attached hydrogens (tertiary/aromatic N) is 2. The quantitative estimate of drug-likeness (QED) is 0.863. The van der Waals surface area contributed by atoms with Crippen LogP contribution in [-0.4, -0.2) is 42.0 Å². The average molecular weight is 377 g/mol. The summed E-state index contributed by atoms with van der Waals surface area (Å²) in [6, 6.07) is 12.5. The summed E-state index contributed by atoms with van der Waals surface area (Å²) in [5, 5.41) is 2.57. The highest BCUT2D eigenvalue weighted by Gasteiger charge is 2.30. The van der Waals surface area contributed by atoms with Gasteiger partial charge in [0.25, 0.3) is 0 Å². The normalized spacial score (nSPS) is 15.6. The molecule has 1 fully saturated rings. The van der Waals surface area contributed by atoms with Gasteiger partial charge in [0.15, 0.2) is 0 Å². The minimum atomic E-state index is -4.43. The van der Waals surface area contributed by atoms with E-state index < -0.39 is 11.7 Å². The summed E-state index contributed by atoms with van der Waals surface area (Å²) in [5.41, 5.74) is 1.88. The van der Waals surface area contributed by atoms with Crippen molar-refractivity contribution in [3.8, 4) is 0 Å². The third-order valence-corrected chi connectivity index (χ3v) is 4.76. The van der Waals surface area contributed by atoms with E-state index in [9.17, 15) is 18.0 Å². The van der Waals surface area contributed by atoms with Crippen LogP contribution >= 0.6 is 0 Å². The maximum absolute atomic E-state index is 12.8. The Morgan fingerprint density at radius 1 is 1.04 bits per heavy atom. The van der Waals surface area contributed by atoms with Gasteiger partial charge in [-0.2, -0.15) is 13.2 Å². The molecule has 0 aromatic heterocycles. The molecule has 0 spiro atoms. The molecule has 1 heterocycles. The highest BCUT2D eigenvalue weighted by molar-refractivity contribution is 5.89. The molecule has 144 valence electrons. The second-order valence-electron chi connectivity index (χ2n) is 6.70. The lowest BCUT2D eigenvalue weighted by molar-refractivity contribution is -0.137. The van der Waals surface area contributed by atoms with Crippen molar-refractivity contribution in [1.29, 1.82) is 0 Å². The number of halogens is 3. The lowest BCUT2D eigenvalue weighted by Crippen LogP contribution is -2.49. The van der Waals surface area contributed by atoms with Crippen molar-refractivity contribution >= 4 is 11.7 Å². The van der Waals surface area contributed by atoms with Gasteiger partial charge in [-0.05, 0) is 36.2 Å². The monoisotopic (exact) mass is 377 g/mol. The standard InChI is InChI=1S/C20H22F3N3O/c1-15-5-2-3-6-16(15)14-25-9-11-26(12-10-25)19(27)24-18-8-4-7-17(13-18)20(21,22)23/h2-8,13H,9-12,14H2,1H3,(H,24,27). The largest absolute Gasteiger partial charge is 0.416 e. The molecule has 0 saturated carbocycles. The molecule has 0 unspecified atom stereocenters. The highest BCUT2D eigenvalue weighted by Crippen LogP contribution is 2.30. The number of benzene rings is 2. The van der Waals surface area contributed by atoms with Gasteiger partial charge in [-0.25, -0.2) is 4.79 Å². The number of hydrogen-bond donors (Lipinski definition) is 1. The summed E-state index contributed by atoms with van der Waals surface area (Å²) < 4.78 is 38.3. The van der Waals surface area contributed by atoms with E-state index in [2.05, 4.69) is 29.3 Å². The Labute approximate surface area is 156 Å². The van der Waals surface area contributed by atoms with E-state index in [4.69, 9.17) is 0 Å². The first kappa shape index (κ1) is 19.2. The Morgan fingerprint density at radius 3 is 2.41 bits per heavy atom. The third kappa shape index (κ3) is 5.01. The van der Waals surface area contributed by atoms with Crippen molar-refractivity contribution in [3.05, 3.63) is 65.2 Å². The lowest BCUT2D eigenvalue weighted by Gasteiger charge is -2.35. The van der Waals surface area contributed by atoms with Gasteiger partial charge < -0.3 is 10.2 Å². The molecule has 0 aliphatic carbocycles. The van der Waals surface area contributed by atoms with Crippen LogP contribution in [0.1, 0.15) is 16.7 Å². The molecule has 3 rings (SSSR count). The average Bonchev–Trinajstić information content (AvgIpc) is 2.64. The summed E-state index contributed by atoms with van der Waals surface area (Å²) in [6.45, 7) is 5.44. The van der Waals surface area contributed by atoms with Crippen LogP contribution < -0.4 is 5.32 Å². The van der Waals surface area contributed by atoms with Crippen molar-refractivity contribution in [2.75, 3.05) is 31.5 Å². The Morgan fingerprint density at radius 2 is 1.74 bits per heavy atom. The lowest BCUT2D eigenvalue weighted by atomic mass is 10.1. The number of carbonyl (C=O) groups is 1. The summed E-state index contributed by atoms with van der Waals surface area (Å²) in [7, 11) is 0. The van der Waals surface area contributed by atoms with Gasteiger partial charge in [0.1, 0.15) is 0 Å². The van der Waals surface area contributed by atoms with Crippen LogP contribution in [0.4, 0.5) is 23.7 Å². The van der Waals surface area contributed by atoms with Crippen molar-refractivity contribution in [1.82, 2.24) is 9.80 Å². The predicted molar refractivity (Wildman–Crippen MR) is 98.5 cm³/mol. The maximum Gasteiger partial charge on any atom is 0.416 e. The fraction of sp³-hybridized carbons (Fsp3) is 0.350. The molecule has 7 heteroatoms. The molecule has 1 N–H and O–H groups in total. The van der Waals surface area contributed by atoms with Gasteiger partial charge in [-0.1, -0.05) is 30.3 Å². The predicted octanol–water partition coefficient (Wildman–Crippen LogP) is 4.36. The van der Waals surface area contributed by atoms with Crippen molar-refractivity contribution < 1.29 is 18.0 Å². The second-order valence-corrected chi connectivity index (χ2v) is 6.70. The van der Waals surface area contributed by atoms with E-state index in [1.54, 1.807) is 4.90 Å². The van der Waals surface area contributed by atoms with Gasteiger partial charge in [0, 0.05) is 38.4 Å². The first-order valence-corrected chi connectivity index (χ1v) is 8.83. The Hall–Kier alpha value is -2.54. The summed E-state index contributed by atoms with van der Waals surface area (Å²) in [6.07, 6.45) is -4.43. The Kier molecular flexibility index (Phi) is 5.70. The molecule has 2 aromatic carbocycles. The van der Waals surface area contributed by atoms with Crippen molar-refractivity contribution in [2.24, 2.45) is 0 Å². The molecule has 27 heavy (non-hydrogen) atoms. The molecule has 2 aromatic rings. The van der Waals surface area contributed by atoms with Gasteiger partial charge in [-0.15, -0.1) is 0 Å². The molecule has 0 bridgehead atoms. The number of carbonyl (C=O) groups excluding carboxylic acids is 1. The van der Waals surface area contributed by atoms with E-state index in [0.717, 1.165) is 31.8 Å². The molecule has 0 radical (unpaired) electrons. The van der Waals surface area contributed by atoms with Crippen LogP contribution in [0.2, 0.25) is 0 Å². The summed E-state index contributed by atoms with van der Waals surface area (Å²) in [4.78, 5) is 16.3. The van der Waals surface area contributed by atoms with Gasteiger partial charge >= 0.3 is 12.2 Å². The van der Waals surface area contributed by atoms with Crippen LogP contribution in [0.25, 0.3) is 0 Å². The molecule has 0 atom stereocenters. The van der Waals surface area contributed by atoms with Gasteiger partial charge in [0.2, 0.25) is 0 Å². The number of piperazine rings is 1. The van der Waals surface area contributed by atoms with Crippen LogP contribution in [0.5, 0.6) is 0 Å². The van der Waals surface area contributed by atoms with E-state index in [1.165, 1.54) is 23.3 Å². The number of alkyl halides is 3. The van der Waals surface area contributed by atoms with Crippen molar-refractivity contribution in [3.63, 3.8) is 0 Å². The van der Waals surface area contributed by atoms with E-state index in [0.29, 0.717) is 13.1 Å². The molecule has 1 aliphatic heterocycles. The van der Waals surface area contributed by atoms with E-state index in [1.807, 2.05) is 12.1 Å². The first-order chi connectivity index (χ1) is 12.8. The number of nitrogens with one attached hydrogen (secondary N) is 1. The number of hydrogen-bond acceptors (Lipinski definition) is 2. The molecule has 2 amide bonds. The smallest absolute Gasteiger partial charge is 0.322 e. The Balaban J connectivity index is 1.54. The number of urea groups is 1. The zero-order chi connectivity index (χ0) is 19.4. The summed E-state index contributed by atoms with van der Waals surface area (Å²) in [5.74, 6) is 0. The summed E-state index contributed by atoms with van der Waals surface area (Å²) >= 11 is 0. The minimum absolute atomic E-state index is 0.150. The Bertz CT molecular complexity index is 799. The first-order valence-electron chi connectivity index (χ1n) is 8.83. The number of rotatable bonds is 3. The fourth-order valence-electron chi connectivity index (χ4n) is 3.11. The molecule has 4 nitrogen and oxygen atoms in total.